The van der Waals surface area contributed by atoms with Crippen LogP contribution in [0.5, 0.6) is 0 Å². The number of sulfonamides is 1. The molecule has 0 saturated carbocycles. The Morgan fingerprint density at radius 3 is 2.50 bits per heavy atom. The van der Waals surface area contributed by atoms with Gasteiger partial charge >= 0.3 is 6.18 Å². The molecule has 3 N–H and O–H groups in total. The predicted molar refractivity (Wildman–Crippen MR) is 125 cm³/mol. The summed E-state index contributed by atoms with van der Waals surface area (Å²) in [5, 5.41) is 4.48. The molecule has 2 aromatic heterocycles. The highest BCUT2D eigenvalue weighted by molar-refractivity contribution is 7.89. The van der Waals surface area contributed by atoms with E-state index in [0.29, 0.717) is 22.0 Å². The number of para-hydroxylation sites is 1. The number of hydrogen-bond acceptors (Lipinski definition) is 4. The molecular formula is C21H18Cl2F3N5O2S. The predicted octanol–water partition coefficient (Wildman–Crippen LogP) is 4.84. The van der Waals surface area contributed by atoms with Gasteiger partial charge in [0.1, 0.15) is 10.9 Å². The smallest absolute Gasteiger partial charge is 0.398 e. The number of nitrogens with one attached hydrogen (secondary N) is 1. The number of anilines is 1. The monoisotopic (exact) mass is 531 g/mol. The van der Waals surface area contributed by atoms with Crippen LogP contribution >= 0.6 is 23.2 Å². The molecule has 7 nitrogen and oxygen atoms in total. The highest BCUT2D eigenvalue weighted by Gasteiger charge is 2.43. The van der Waals surface area contributed by atoms with E-state index in [2.05, 4.69) is 5.10 Å². The number of aryl methyl sites for hydroxylation is 1. The third-order valence-electron chi connectivity index (χ3n) is 5.18. The third kappa shape index (κ3) is 4.74. The van der Waals surface area contributed by atoms with E-state index in [-0.39, 0.29) is 15.7 Å². The summed E-state index contributed by atoms with van der Waals surface area (Å²) in [6.07, 6.45) is -0.0400. The topological polar surface area (TPSA) is 94.9 Å². The lowest BCUT2D eigenvalue weighted by molar-refractivity contribution is -0.154. The second-order valence-electron chi connectivity index (χ2n) is 7.64. The Bertz CT molecular complexity index is 1460. The molecule has 2 aromatic carbocycles. The van der Waals surface area contributed by atoms with Crippen LogP contribution in [-0.2, 0) is 23.6 Å². The SMILES string of the molecule is Cn1cc(-c2cn(CC(NS(=O)(=O)c3c(N)cc(Cl)cc3Cl)C(F)(F)F)c3ccccc23)cn1. The van der Waals surface area contributed by atoms with Crippen LogP contribution in [0.2, 0.25) is 10.0 Å². The van der Waals surface area contributed by atoms with Crippen molar-refractivity contribution in [2.45, 2.75) is 23.7 Å². The van der Waals surface area contributed by atoms with E-state index in [1.54, 1.807) is 59.3 Å². The molecule has 2 heterocycles. The van der Waals surface area contributed by atoms with Crippen molar-refractivity contribution in [3.05, 3.63) is 65.0 Å². The van der Waals surface area contributed by atoms with Gasteiger partial charge < -0.3 is 10.3 Å². The molecule has 13 heteroatoms. The molecule has 1 unspecified atom stereocenters. The summed E-state index contributed by atoms with van der Waals surface area (Å²) in [5.74, 6) is 0. The minimum atomic E-state index is -4.92. The third-order valence-corrected chi connectivity index (χ3v) is 7.40. The Labute approximate surface area is 202 Å². The fourth-order valence-corrected chi connectivity index (χ4v) is 5.90. The van der Waals surface area contributed by atoms with E-state index in [9.17, 15) is 21.6 Å². The Morgan fingerprint density at radius 2 is 1.88 bits per heavy atom. The summed E-state index contributed by atoms with van der Waals surface area (Å²) >= 11 is 11.7. The van der Waals surface area contributed by atoms with Gasteiger partial charge in [0.05, 0.1) is 16.9 Å². The normalized spacial score (nSPS) is 13.5. The maximum atomic E-state index is 14.0. The van der Waals surface area contributed by atoms with E-state index in [1.165, 1.54) is 4.57 Å². The van der Waals surface area contributed by atoms with Crippen LogP contribution < -0.4 is 10.5 Å². The average Bonchev–Trinajstić information content (AvgIpc) is 3.29. The summed E-state index contributed by atoms with van der Waals surface area (Å²) in [6.45, 7) is -0.728. The molecule has 0 aliphatic rings. The maximum Gasteiger partial charge on any atom is 0.406 e. The number of nitrogens with two attached hydrogens (primary N) is 1. The summed E-state index contributed by atoms with van der Waals surface area (Å²) in [4.78, 5) is -0.666. The number of benzene rings is 2. The molecule has 0 saturated heterocycles. The Kier molecular flexibility index (Phi) is 6.32. The zero-order valence-electron chi connectivity index (χ0n) is 17.5. The van der Waals surface area contributed by atoms with Gasteiger partial charge in [-0.1, -0.05) is 41.4 Å². The minimum absolute atomic E-state index is 0.0514. The number of rotatable bonds is 6. The minimum Gasteiger partial charge on any atom is -0.398 e. The van der Waals surface area contributed by atoms with Gasteiger partial charge in [-0.15, -0.1) is 0 Å². The van der Waals surface area contributed by atoms with E-state index in [0.717, 1.165) is 12.1 Å². The number of nitrogens with zero attached hydrogens (tertiary/aromatic N) is 3. The second-order valence-corrected chi connectivity index (χ2v) is 10.1. The average molecular weight is 532 g/mol. The van der Waals surface area contributed by atoms with Gasteiger partial charge in [0.15, 0.2) is 0 Å². The standard InChI is InChI=1S/C21H18Cl2F3N5O2S/c1-30-9-12(8-28-30)15-10-31(18-5-3-2-4-14(15)18)11-19(21(24,25)26)29-34(32,33)20-16(23)6-13(22)7-17(20)27/h2-10,19,29H,11,27H2,1H3. The van der Waals surface area contributed by atoms with Gasteiger partial charge in [-0.2, -0.15) is 23.0 Å². The first-order valence-electron chi connectivity index (χ1n) is 9.77. The fraction of sp³-hybridized carbons (Fsp3) is 0.190. The van der Waals surface area contributed by atoms with Crippen molar-refractivity contribution in [3.8, 4) is 11.1 Å². The van der Waals surface area contributed by atoms with Gasteiger partial charge in [-0.05, 0) is 18.2 Å². The number of alkyl halides is 3. The van der Waals surface area contributed by atoms with E-state index in [1.807, 2.05) is 0 Å². The van der Waals surface area contributed by atoms with E-state index in [4.69, 9.17) is 28.9 Å². The molecule has 0 bridgehead atoms. The first-order valence-corrected chi connectivity index (χ1v) is 12.0. The zero-order valence-corrected chi connectivity index (χ0v) is 19.8. The molecule has 0 radical (unpaired) electrons. The molecule has 4 rings (SSSR count). The molecule has 4 aromatic rings. The molecule has 0 spiro atoms. The molecule has 34 heavy (non-hydrogen) atoms. The first kappa shape index (κ1) is 24.4. The van der Waals surface area contributed by atoms with Crippen molar-refractivity contribution in [3.63, 3.8) is 0 Å². The summed E-state index contributed by atoms with van der Waals surface area (Å²) in [5.41, 5.74) is 7.22. The molecule has 1 atom stereocenters. The van der Waals surface area contributed by atoms with Gasteiger partial charge in [0.25, 0.3) is 0 Å². The molecular weight excluding hydrogens is 514 g/mol. The molecule has 0 aliphatic carbocycles. The van der Waals surface area contributed by atoms with Crippen molar-refractivity contribution < 1.29 is 21.6 Å². The van der Waals surface area contributed by atoms with Crippen LogP contribution in [0.3, 0.4) is 0 Å². The zero-order chi connectivity index (χ0) is 24.8. The fourth-order valence-electron chi connectivity index (χ4n) is 3.70. The highest BCUT2D eigenvalue weighted by atomic mass is 35.5. The Hall–Kier alpha value is -2.73. The molecule has 0 aliphatic heterocycles. The number of fused-ring (bicyclic) bond motifs is 1. The van der Waals surface area contributed by atoms with Crippen LogP contribution in [0.1, 0.15) is 0 Å². The number of hydrogen-bond donors (Lipinski definition) is 2. The first-order chi connectivity index (χ1) is 15.9. The maximum absolute atomic E-state index is 14.0. The van der Waals surface area contributed by atoms with Gasteiger partial charge in [0.2, 0.25) is 10.0 Å². The highest BCUT2D eigenvalue weighted by Crippen LogP contribution is 2.34. The van der Waals surface area contributed by atoms with Gasteiger partial charge in [0, 0.05) is 53.0 Å². The summed E-state index contributed by atoms with van der Waals surface area (Å²) < 4.78 is 72.5. The number of halogens is 5. The largest absolute Gasteiger partial charge is 0.406 e. The summed E-state index contributed by atoms with van der Waals surface area (Å²) in [6, 6.07) is 6.61. The van der Waals surface area contributed by atoms with Crippen LogP contribution in [0.25, 0.3) is 22.0 Å². The van der Waals surface area contributed by atoms with Crippen molar-refractivity contribution >= 4 is 49.8 Å². The Morgan fingerprint density at radius 1 is 1.18 bits per heavy atom. The van der Waals surface area contributed by atoms with Crippen LogP contribution in [-0.4, -0.2) is 35.0 Å². The number of nitrogen functional groups attached to an aromatic ring is 1. The lowest BCUT2D eigenvalue weighted by Crippen LogP contribution is -2.48. The van der Waals surface area contributed by atoms with Gasteiger partial charge in [-0.25, -0.2) is 8.42 Å². The lowest BCUT2D eigenvalue weighted by Gasteiger charge is -2.23. The molecule has 180 valence electrons. The van der Waals surface area contributed by atoms with E-state index >= 15 is 0 Å². The quantitative estimate of drug-likeness (QED) is 0.348. The van der Waals surface area contributed by atoms with E-state index < -0.39 is 33.7 Å². The Balaban J connectivity index is 1.75. The van der Waals surface area contributed by atoms with Crippen LogP contribution in [0, 0.1) is 0 Å². The van der Waals surface area contributed by atoms with Gasteiger partial charge in [-0.3, -0.25) is 4.68 Å². The molecule has 0 amide bonds. The summed E-state index contributed by atoms with van der Waals surface area (Å²) in [7, 11) is -3.02. The van der Waals surface area contributed by atoms with Crippen LogP contribution in [0.15, 0.2) is 59.9 Å². The lowest BCUT2D eigenvalue weighted by atomic mass is 10.1. The van der Waals surface area contributed by atoms with Crippen molar-refractivity contribution in [1.82, 2.24) is 19.1 Å². The number of aromatic nitrogens is 3. The van der Waals surface area contributed by atoms with Crippen molar-refractivity contribution in [2.24, 2.45) is 7.05 Å². The van der Waals surface area contributed by atoms with Crippen LogP contribution in [0.4, 0.5) is 18.9 Å². The van der Waals surface area contributed by atoms with Crippen molar-refractivity contribution in [2.75, 3.05) is 5.73 Å². The second kappa shape index (κ2) is 8.81. The molecule has 0 fully saturated rings. The van der Waals surface area contributed by atoms with Crippen molar-refractivity contribution in [1.29, 1.82) is 0 Å².